The summed E-state index contributed by atoms with van der Waals surface area (Å²) in [5, 5.41) is 6.42. The standard InChI is InChI=1S/C18H25N3O2/c1-18(7-9-19-10-8-18)13-20-17(23)14-4-2-5-15(12-14)21-11-3-6-16(21)22/h2,4-5,12,19H,3,6-11,13H2,1H3,(H,20,23). The summed E-state index contributed by atoms with van der Waals surface area (Å²) in [6, 6.07) is 7.38. The van der Waals surface area contributed by atoms with Crippen LogP contribution >= 0.6 is 0 Å². The molecule has 0 bridgehead atoms. The summed E-state index contributed by atoms with van der Waals surface area (Å²) in [6.45, 7) is 5.70. The number of piperidine rings is 1. The molecule has 0 aromatic heterocycles. The van der Waals surface area contributed by atoms with Gasteiger partial charge in [0.1, 0.15) is 0 Å². The Morgan fingerprint density at radius 2 is 2.13 bits per heavy atom. The fourth-order valence-electron chi connectivity index (χ4n) is 3.34. The third kappa shape index (κ3) is 3.72. The molecule has 2 aliphatic heterocycles. The van der Waals surface area contributed by atoms with Crippen LogP contribution in [0.25, 0.3) is 0 Å². The van der Waals surface area contributed by atoms with E-state index in [9.17, 15) is 9.59 Å². The quantitative estimate of drug-likeness (QED) is 0.892. The van der Waals surface area contributed by atoms with E-state index in [1.54, 1.807) is 4.90 Å². The van der Waals surface area contributed by atoms with Crippen LogP contribution in [0.4, 0.5) is 5.69 Å². The van der Waals surface area contributed by atoms with Crippen molar-refractivity contribution in [1.29, 1.82) is 0 Å². The molecule has 5 heteroatoms. The Morgan fingerprint density at radius 3 is 2.83 bits per heavy atom. The lowest BCUT2D eigenvalue weighted by Gasteiger charge is -2.34. The number of nitrogens with one attached hydrogen (secondary N) is 2. The molecule has 23 heavy (non-hydrogen) atoms. The molecule has 2 N–H and O–H groups in total. The van der Waals surface area contributed by atoms with Crippen molar-refractivity contribution in [3.8, 4) is 0 Å². The van der Waals surface area contributed by atoms with Crippen molar-refractivity contribution in [2.75, 3.05) is 31.1 Å². The Morgan fingerprint density at radius 1 is 1.35 bits per heavy atom. The third-order valence-electron chi connectivity index (χ3n) is 4.98. The van der Waals surface area contributed by atoms with Crippen molar-refractivity contribution in [3.63, 3.8) is 0 Å². The van der Waals surface area contributed by atoms with Crippen molar-refractivity contribution in [3.05, 3.63) is 29.8 Å². The van der Waals surface area contributed by atoms with Gasteiger partial charge < -0.3 is 15.5 Å². The van der Waals surface area contributed by atoms with Crippen molar-refractivity contribution in [1.82, 2.24) is 10.6 Å². The fraction of sp³-hybridized carbons (Fsp3) is 0.556. The van der Waals surface area contributed by atoms with E-state index in [4.69, 9.17) is 0 Å². The molecule has 2 heterocycles. The van der Waals surface area contributed by atoms with Crippen LogP contribution in [-0.4, -0.2) is 38.0 Å². The highest BCUT2D eigenvalue weighted by Crippen LogP contribution is 2.27. The predicted molar refractivity (Wildman–Crippen MR) is 90.6 cm³/mol. The molecule has 2 amide bonds. The molecule has 1 aromatic carbocycles. The van der Waals surface area contributed by atoms with E-state index in [2.05, 4.69) is 17.6 Å². The lowest BCUT2D eigenvalue weighted by atomic mass is 9.81. The van der Waals surface area contributed by atoms with Crippen LogP contribution in [-0.2, 0) is 4.79 Å². The second-order valence-electron chi connectivity index (χ2n) is 6.94. The molecule has 2 saturated heterocycles. The Labute approximate surface area is 137 Å². The minimum atomic E-state index is -0.0572. The maximum absolute atomic E-state index is 12.4. The normalized spacial score (nSPS) is 20.6. The van der Waals surface area contributed by atoms with Gasteiger partial charge in [-0.2, -0.15) is 0 Å². The number of rotatable bonds is 4. The van der Waals surface area contributed by atoms with E-state index in [1.165, 1.54) is 0 Å². The Bertz CT molecular complexity index is 594. The average molecular weight is 315 g/mol. The van der Waals surface area contributed by atoms with Crippen LogP contribution in [0.5, 0.6) is 0 Å². The molecule has 5 nitrogen and oxygen atoms in total. The van der Waals surface area contributed by atoms with Gasteiger partial charge in [0.2, 0.25) is 5.91 Å². The van der Waals surface area contributed by atoms with Crippen LogP contribution in [0.3, 0.4) is 0 Å². The second-order valence-corrected chi connectivity index (χ2v) is 6.94. The van der Waals surface area contributed by atoms with E-state index in [1.807, 2.05) is 24.3 Å². The number of anilines is 1. The topological polar surface area (TPSA) is 61.4 Å². The minimum Gasteiger partial charge on any atom is -0.351 e. The van der Waals surface area contributed by atoms with Crippen LogP contribution in [0.15, 0.2) is 24.3 Å². The van der Waals surface area contributed by atoms with Crippen LogP contribution in [0.1, 0.15) is 43.0 Å². The van der Waals surface area contributed by atoms with Gasteiger partial charge in [0.15, 0.2) is 0 Å². The highest BCUT2D eigenvalue weighted by Gasteiger charge is 2.27. The van der Waals surface area contributed by atoms with Crippen molar-refractivity contribution >= 4 is 17.5 Å². The molecule has 0 spiro atoms. The molecule has 0 aliphatic carbocycles. The average Bonchev–Trinajstić information content (AvgIpc) is 3.00. The van der Waals surface area contributed by atoms with Gasteiger partial charge in [-0.05, 0) is 56.0 Å². The molecule has 0 radical (unpaired) electrons. The maximum Gasteiger partial charge on any atom is 0.251 e. The summed E-state index contributed by atoms with van der Waals surface area (Å²) in [4.78, 5) is 26.1. The molecule has 0 saturated carbocycles. The summed E-state index contributed by atoms with van der Waals surface area (Å²) >= 11 is 0. The molecule has 124 valence electrons. The maximum atomic E-state index is 12.4. The van der Waals surface area contributed by atoms with E-state index >= 15 is 0 Å². The first-order chi connectivity index (χ1) is 11.1. The summed E-state index contributed by atoms with van der Waals surface area (Å²) in [6.07, 6.45) is 3.65. The Balaban J connectivity index is 1.64. The monoisotopic (exact) mass is 315 g/mol. The number of hydrogen-bond donors (Lipinski definition) is 2. The van der Waals surface area contributed by atoms with E-state index in [0.29, 0.717) is 18.5 Å². The summed E-state index contributed by atoms with van der Waals surface area (Å²) in [7, 11) is 0. The van der Waals surface area contributed by atoms with E-state index in [0.717, 1.165) is 44.6 Å². The smallest absolute Gasteiger partial charge is 0.251 e. The van der Waals surface area contributed by atoms with E-state index in [-0.39, 0.29) is 17.2 Å². The first-order valence-corrected chi connectivity index (χ1v) is 8.47. The second kappa shape index (κ2) is 6.71. The summed E-state index contributed by atoms with van der Waals surface area (Å²) in [5.41, 5.74) is 1.62. The van der Waals surface area contributed by atoms with Crippen molar-refractivity contribution in [2.45, 2.75) is 32.6 Å². The highest BCUT2D eigenvalue weighted by atomic mass is 16.2. The van der Waals surface area contributed by atoms with Gasteiger partial charge in [-0.1, -0.05) is 13.0 Å². The summed E-state index contributed by atoms with van der Waals surface area (Å²) < 4.78 is 0. The lowest BCUT2D eigenvalue weighted by molar-refractivity contribution is -0.117. The van der Waals surface area contributed by atoms with E-state index < -0.39 is 0 Å². The van der Waals surface area contributed by atoms with Crippen LogP contribution < -0.4 is 15.5 Å². The molecule has 0 atom stereocenters. The van der Waals surface area contributed by atoms with Gasteiger partial charge in [0.05, 0.1) is 0 Å². The first kappa shape index (κ1) is 16.0. The molecule has 3 rings (SSSR count). The number of carbonyl (C=O) groups is 2. The fourth-order valence-corrected chi connectivity index (χ4v) is 3.34. The van der Waals surface area contributed by atoms with Crippen molar-refractivity contribution < 1.29 is 9.59 Å². The van der Waals surface area contributed by atoms with Gasteiger partial charge >= 0.3 is 0 Å². The lowest BCUT2D eigenvalue weighted by Crippen LogP contribution is -2.42. The SMILES string of the molecule is CC1(CNC(=O)c2cccc(N3CCCC3=O)c2)CCNCC1. The molecule has 1 aromatic rings. The van der Waals surface area contributed by atoms with Gasteiger partial charge in [-0.25, -0.2) is 0 Å². The predicted octanol–water partition coefficient (Wildman–Crippen LogP) is 1.93. The van der Waals surface area contributed by atoms with Gasteiger partial charge in [0, 0.05) is 30.8 Å². The Hall–Kier alpha value is -1.88. The molecule has 0 unspecified atom stereocenters. The molecule has 2 fully saturated rings. The number of benzene rings is 1. The first-order valence-electron chi connectivity index (χ1n) is 8.47. The largest absolute Gasteiger partial charge is 0.351 e. The Kier molecular flexibility index (Phi) is 4.66. The zero-order valence-electron chi connectivity index (χ0n) is 13.7. The third-order valence-corrected chi connectivity index (χ3v) is 4.98. The highest BCUT2D eigenvalue weighted by molar-refractivity contribution is 5.99. The number of nitrogens with zero attached hydrogens (tertiary/aromatic N) is 1. The van der Waals surface area contributed by atoms with Crippen LogP contribution in [0.2, 0.25) is 0 Å². The molecular formula is C18H25N3O2. The summed E-state index contributed by atoms with van der Waals surface area (Å²) in [5.74, 6) is 0.0861. The molecular weight excluding hydrogens is 290 g/mol. The zero-order valence-corrected chi connectivity index (χ0v) is 13.7. The van der Waals surface area contributed by atoms with Crippen LogP contribution in [0, 0.1) is 5.41 Å². The zero-order chi connectivity index (χ0) is 16.3. The number of amides is 2. The number of carbonyl (C=O) groups excluding carboxylic acids is 2. The van der Waals surface area contributed by atoms with Gasteiger partial charge in [0.25, 0.3) is 5.91 Å². The van der Waals surface area contributed by atoms with Crippen molar-refractivity contribution in [2.24, 2.45) is 5.41 Å². The number of hydrogen-bond acceptors (Lipinski definition) is 3. The van der Waals surface area contributed by atoms with Gasteiger partial charge in [-0.3, -0.25) is 9.59 Å². The molecule has 2 aliphatic rings. The minimum absolute atomic E-state index is 0.0572. The van der Waals surface area contributed by atoms with Gasteiger partial charge in [-0.15, -0.1) is 0 Å².